The van der Waals surface area contributed by atoms with E-state index >= 15 is 0 Å². The van der Waals surface area contributed by atoms with Crippen LogP contribution >= 0.6 is 11.8 Å². The molecular weight excluding hydrogens is 319 g/mol. The van der Waals surface area contributed by atoms with Gasteiger partial charge in [0.15, 0.2) is 5.82 Å². The predicted molar refractivity (Wildman–Crippen MR) is 75.8 cm³/mol. The van der Waals surface area contributed by atoms with Crippen LogP contribution in [0.25, 0.3) is 0 Å². The standard InChI is InChI=1S/C12H15FN2O4S2/c1-2-4-10-15(9(7-20-10)12(16)17)21(18,19)11-8(13)5-3-6-14-11/h3,5-6,9-10H,2,4,7H2,1H3,(H,16,17). The maximum atomic E-state index is 13.8. The lowest BCUT2D eigenvalue weighted by Crippen LogP contribution is -2.45. The van der Waals surface area contributed by atoms with Crippen LogP contribution in [0.4, 0.5) is 4.39 Å². The zero-order valence-corrected chi connectivity index (χ0v) is 12.9. The van der Waals surface area contributed by atoms with Gasteiger partial charge in [0.25, 0.3) is 10.0 Å². The normalized spacial score (nSPS) is 23.3. The van der Waals surface area contributed by atoms with Gasteiger partial charge < -0.3 is 5.11 Å². The molecule has 1 aliphatic rings. The topological polar surface area (TPSA) is 87.6 Å². The van der Waals surface area contributed by atoms with Crippen LogP contribution in [0.1, 0.15) is 19.8 Å². The second-order valence-corrected chi connectivity index (χ2v) is 7.53. The van der Waals surface area contributed by atoms with Gasteiger partial charge >= 0.3 is 5.97 Å². The quantitative estimate of drug-likeness (QED) is 0.879. The second-order valence-electron chi connectivity index (χ2n) is 4.56. The summed E-state index contributed by atoms with van der Waals surface area (Å²) in [7, 11) is -4.29. The number of nitrogens with zero attached hydrogens (tertiary/aromatic N) is 2. The van der Waals surface area contributed by atoms with Gasteiger partial charge in [-0.3, -0.25) is 4.79 Å². The molecule has 0 spiro atoms. The number of rotatable bonds is 5. The molecule has 0 radical (unpaired) electrons. The summed E-state index contributed by atoms with van der Waals surface area (Å²) in [5.74, 6) is -2.07. The summed E-state index contributed by atoms with van der Waals surface area (Å²) in [4.78, 5) is 14.9. The highest BCUT2D eigenvalue weighted by Crippen LogP contribution is 2.36. The third kappa shape index (κ3) is 3.04. The molecule has 0 bridgehead atoms. The Balaban J connectivity index is 2.48. The molecule has 1 fully saturated rings. The van der Waals surface area contributed by atoms with E-state index in [4.69, 9.17) is 0 Å². The lowest BCUT2D eigenvalue weighted by atomic mass is 10.3. The first kappa shape index (κ1) is 16.2. The van der Waals surface area contributed by atoms with Crippen molar-refractivity contribution in [1.29, 1.82) is 0 Å². The first-order valence-corrected chi connectivity index (χ1v) is 8.87. The minimum Gasteiger partial charge on any atom is -0.480 e. The third-order valence-corrected chi connectivity index (χ3v) is 6.45. The lowest BCUT2D eigenvalue weighted by molar-refractivity contribution is -0.140. The molecule has 6 nitrogen and oxygen atoms in total. The number of halogens is 1. The number of pyridine rings is 1. The Morgan fingerprint density at radius 3 is 2.90 bits per heavy atom. The van der Waals surface area contributed by atoms with Crippen molar-refractivity contribution in [3.8, 4) is 0 Å². The van der Waals surface area contributed by atoms with Crippen molar-refractivity contribution in [2.24, 2.45) is 0 Å². The predicted octanol–water partition coefficient (Wildman–Crippen LogP) is 1.54. The molecule has 1 aliphatic heterocycles. The van der Waals surface area contributed by atoms with Gasteiger partial charge in [0.2, 0.25) is 5.03 Å². The molecule has 1 aromatic rings. The summed E-state index contributed by atoms with van der Waals surface area (Å²) in [5.41, 5.74) is 0. The zero-order valence-electron chi connectivity index (χ0n) is 11.3. The van der Waals surface area contributed by atoms with Crippen molar-refractivity contribution in [1.82, 2.24) is 9.29 Å². The molecule has 1 N–H and O–H groups in total. The van der Waals surface area contributed by atoms with E-state index in [-0.39, 0.29) is 5.75 Å². The van der Waals surface area contributed by atoms with E-state index in [0.29, 0.717) is 12.8 Å². The minimum absolute atomic E-state index is 0.147. The second kappa shape index (κ2) is 6.29. The van der Waals surface area contributed by atoms with E-state index in [9.17, 15) is 22.7 Å². The SMILES string of the molecule is CCCC1SCC(C(=O)O)N1S(=O)(=O)c1ncccc1F. The Labute approximate surface area is 126 Å². The highest BCUT2D eigenvalue weighted by molar-refractivity contribution is 8.01. The van der Waals surface area contributed by atoms with Crippen molar-refractivity contribution < 1.29 is 22.7 Å². The Bertz CT molecular complexity index is 638. The molecule has 1 saturated heterocycles. The summed E-state index contributed by atoms with van der Waals surface area (Å²) in [6.07, 6.45) is 2.37. The van der Waals surface area contributed by atoms with Gasteiger partial charge in [-0.1, -0.05) is 13.3 Å². The van der Waals surface area contributed by atoms with Crippen molar-refractivity contribution in [3.05, 3.63) is 24.1 Å². The summed E-state index contributed by atoms with van der Waals surface area (Å²) in [6.45, 7) is 1.88. The molecule has 2 heterocycles. The largest absolute Gasteiger partial charge is 0.480 e. The number of carboxylic acid groups (broad SMARTS) is 1. The molecule has 116 valence electrons. The first-order valence-electron chi connectivity index (χ1n) is 6.38. The zero-order chi connectivity index (χ0) is 15.6. The van der Waals surface area contributed by atoms with Crippen LogP contribution in [-0.2, 0) is 14.8 Å². The van der Waals surface area contributed by atoms with Gasteiger partial charge in [0, 0.05) is 11.9 Å². The highest BCUT2D eigenvalue weighted by atomic mass is 32.2. The fraction of sp³-hybridized carbons (Fsp3) is 0.500. The molecule has 2 unspecified atom stereocenters. The first-order chi connectivity index (χ1) is 9.89. The van der Waals surface area contributed by atoms with Crippen LogP contribution in [0.3, 0.4) is 0 Å². The molecule has 2 rings (SSSR count). The Morgan fingerprint density at radius 2 is 2.33 bits per heavy atom. The fourth-order valence-corrected chi connectivity index (χ4v) is 5.81. The maximum Gasteiger partial charge on any atom is 0.322 e. The Morgan fingerprint density at radius 1 is 1.62 bits per heavy atom. The van der Waals surface area contributed by atoms with Crippen molar-refractivity contribution in [2.45, 2.75) is 36.2 Å². The van der Waals surface area contributed by atoms with Crippen LogP contribution in [0.5, 0.6) is 0 Å². The smallest absolute Gasteiger partial charge is 0.322 e. The molecule has 0 aliphatic carbocycles. The average Bonchev–Trinajstić information content (AvgIpc) is 2.84. The average molecular weight is 334 g/mol. The number of carbonyl (C=O) groups is 1. The van der Waals surface area contributed by atoms with Crippen molar-refractivity contribution >= 4 is 27.8 Å². The molecule has 9 heteroatoms. The lowest BCUT2D eigenvalue weighted by Gasteiger charge is -2.25. The summed E-state index contributed by atoms with van der Waals surface area (Å²) >= 11 is 1.25. The van der Waals surface area contributed by atoms with Crippen molar-refractivity contribution in [2.75, 3.05) is 5.75 Å². The van der Waals surface area contributed by atoms with Gasteiger partial charge in [-0.05, 0) is 18.6 Å². The Kier molecular flexibility index (Phi) is 4.84. The van der Waals surface area contributed by atoms with Gasteiger partial charge in [0.1, 0.15) is 6.04 Å². The highest BCUT2D eigenvalue weighted by Gasteiger charge is 2.47. The van der Waals surface area contributed by atoms with Crippen LogP contribution in [0.15, 0.2) is 23.4 Å². The van der Waals surface area contributed by atoms with Crippen LogP contribution in [0, 0.1) is 5.82 Å². The van der Waals surface area contributed by atoms with E-state index in [1.54, 1.807) is 0 Å². The molecule has 21 heavy (non-hydrogen) atoms. The number of aliphatic carboxylic acids is 1. The van der Waals surface area contributed by atoms with Gasteiger partial charge in [-0.15, -0.1) is 11.8 Å². The summed E-state index contributed by atoms with van der Waals surface area (Å²) in [5, 5.41) is 7.98. The summed E-state index contributed by atoms with van der Waals surface area (Å²) < 4.78 is 39.8. The van der Waals surface area contributed by atoms with E-state index < -0.39 is 38.3 Å². The number of aromatic nitrogens is 1. The van der Waals surface area contributed by atoms with Gasteiger partial charge in [-0.25, -0.2) is 17.8 Å². The molecule has 0 saturated carbocycles. The molecule has 0 amide bonds. The number of thioether (sulfide) groups is 1. The molecule has 1 aromatic heterocycles. The summed E-state index contributed by atoms with van der Waals surface area (Å²) in [6, 6.07) is 1.08. The minimum atomic E-state index is -4.29. The Hall–Kier alpha value is -1.19. The fourth-order valence-electron chi connectivity index (χ4n) is 2.17. The van der Waals surface area contributed by atoms with E-state index in [1.165, 1.54) is 24.0 Å². The van der Waals surface area contributed by atoms with E-state index in [2.05, 4.69) is 4.98 Å². The molecule has 0 aromatic carbocycles. The number of sulfonamides is 1. The van der Waals surface area contributed by atoms with Gasteiger partial charge in [0.05, 0.1) is 5.37 Å². The monoisotopic (exact) mass is 334 g/mol. The molecule has 2 atom stereocenters. The van der Waals surface area contributed by atoms with Crippen LogP contribution in [0.2, 0.25) is 0 Å². The molecular formula is C12H15FN2O4S2. The maximum absolute atomic E-state index is 13.8. The van der Waals surface area contributed by atoms with Crippen molar-refractivity contribution in [3.63, 3.8) is 0 Å². The van der Waals surface area contributed by atoms with E-state index in [0.717, 1.165) is 10.4 Å². The third-order valence-electron chi connectivity index (χ3n) is 3.10. The van der Waals surface area contributed by atoms with Crippen LogP contribution < -0.4 is 0 Å². The number of hydrogen-bond donors (Lipinski definition) is 1. The van der Waals surface area contributed by atoms with Gasteiger partial charge in [-0.2, -0.15) is 4.31 Å². The number of carboxylic acids is 1. The van der Waals surface area contributed by atoms with E-state index in [1.807, 2.05) is 6.92 Å². The number of hydrogen-bond acceptors (Lipinski definition) is 5. The van der Waals surface area contributed by atoms with Crippen LogP contribution in [-0.4, -0.2) is 46.0 Å².